The Kier molecular flexibility index (Phi) is 4.29. The summed E-state index contributed by atoms with van der Waals surface area (Å²) in [7, 11) is 0. The van der Waals surface area contributed by atoms with Crippen molar-refractivity contribution < 1.29 is 4.79 Å². The third kappa shape index (κ3) is 3.07. The number of amides is 1. The van der Waals surface area contributed by atoms with Crippen LogP contribution in [0.25, 0.3) is 0 Å². The summed E-state index contributed by atoms with van der Waals surface area (Å²) in [6.45, 7) is 2.81. The molecule has 2 heterocycles. The number of nitrogens with zero attached hydrogens (tertiary/aromatic N) is 2. The molecule has 0 fully saturated rings. The lowest BCUT2D eigenvalue weighted by Gasteiger charge is -2.35. The van der Waals surface area contributed by atoms with Crippen molar-refractivity contribution in [2.45, 2.75) is 25.8 Å². The van der Waals surface area contributed by atoms with E-state index in [0.29, 0.717) is 10.8 Å². The van der Waals surface area contributed by atoms with Gasteiger partial charge in [-0.25, -0.2) is 4.98 Å². The number of benzene rings is 1. The maximum Gasteiger partial charge on any atom is 0.247 e. The average Bonchev–Trinajstić information content (AvgIpc) is 2.55. The highest BCUT2D eigenvalue weighted by molar-refractivity contribution is 6.30. The fourth-order valence-corrected chi connectivity index (χ4v) is 2.90. The molecular formula is C17H18ClN3O. The normalized spacial score (nSPS) is 15.1. The molecule has 1 aromatic heterocycles. The van der Waals surface area contributed by atoms with Gasteiger partial charge in [-0.05, 0) is 43.5 Å². The standard InChI is InChI=1S/C17H18ClN3O/c1-12(17(22)20-16-9-8-14(18)11-19-16)21-10-4-6-13-5-2-3-7-15(13)21/h2-3,5,7-9,11-12H,4,6,10H2,1H3,(H,19,20,22). The lowest BCUT2D eigenvalue weighted by atomic mass is 10.00. The second-order valence-corrected chi connectivity index (χ2v) is 5.89. The molecule has 5 heteroatoms. The number of rotatable bonds is 3. The Balaban J connectivity index is 1.75. The Labute approximate surface area is 135 Å². The molecule has 0 aliphatic carbocycles. The van der Waals surface area contributed by atoms with Crippen molar-refractivity contribution in [1.29, 1.82) is 0 Å². The van der Waals surface area contributed by atoms with E-state index >= 15 is 0 Å². The van der Waals surface area contributed by atoms with Gasteiger partial charge in [0, 0.05) is 18.4 Å². The molecule has 1 aliphatic rings. The fraction of sp³-hybridized carbons (Fsp3) is 0.294. The predicted octanol–water partition coefficient (Wildman–Crippen LogP) is 3.51. The van der Waals surface area contributed by atoms with Gasteiger partial charge in [0.25, 0.3) is 0 Å². The fourth-order valence-electron chi connectivity index (χ4n) is 2.79. The maximum atomic E-state index is 12.5. The summed E-state index contributed by atoms with van der Waals surface area (Å²) in [5.74, 6) is 0.457. The van der Waals surface area contributed by atoms with Gasteiger partial charge in [0.15, 0.2) is 0 Å². The second kappa shape index (κ2) is 6.36. The number of nitrogens with one attached hydrogen (secondary N) is 1. The molecule has 1 N–H and O–H groups in total. The molecule has 0 radical (unpaired) electrons. The van der Waals surface area contributed by atoms with Crippen LogP contribution in [0.5, 0.6) is 0 Å². The number of hydrogen-bond acceptors (Lipinski definition) is 3. The Hall–Kier alpha value is -2.07. The second-order valence-electron chi connectivity index (χ2n) is 5.45. The number of hydrogen-bond donors (Lipinski definition) is 1. The van der Waals surface area contributed by atoms with E-state index in [0.717, 1.165) is 25.1 Å². The first-order chi connectivity index (χ1) is 10.6. The lowest BCUT2D eigenvalue weighted by Crippen LogP contribution is -2.44. The van der Waals surface area contributed by atoms with Crippen LogP contribution in [-0.2, 0) is 11.2 Å². The summed E-state index contributed by atoms with van der Waals surface area (Å²) in [5.41, 5.74) is 2.46. The highest BCUT2D eigenvalue weighted by Gasteiger charge is 2.25. The van der Waals surface area contributed by atoms with Crippen molar-refractivity contribution >= 4 is 29.0 Å². The molecule has 0 saturated carbocycles. The van der Waals surface area contributed by atoms with Gasteiger partial charge in [0.05, 0.1) is 5.02 Å². The Morgan fingerprint density at radius 1 is 1.32 bits per heavy atom. The van der Waals surface area contributed by atoms with E-state index in [9.17, 15) is 4.79 Å². The molecule has 4 nitrogen and oxygen atoms in total. The van der Waals surface area contributed by atoms with E-state index < -0.39 is 0 Å². The summed E-state index contributed by atoms with van der Waals surface area (Å²) in [5, 5.41) is 3.40. The third-order valence-corrected chi connectivity index (χ3v) is 4.20. The quantitative estimate of drug-likeness (QED) is 0.942. The van der Waals surface area contributed by atoms with E-state index in [4.69, 9.17) is 11.6 Å². The van der Waals surface area contributed by atoms with E-state index in [1.165, 1.54) is 11.8 Å². The molecule has 1 atom stereocenters. The highest BCUT2D eigenvalue weighted by Crippen LogP contribution is 2.28. The minimum absolute atomic E-state index is 0.0634. The van der Waals surface area contributed by atoms with Gasteiger partial charge >= 0.3 is 0 Å². The van der Waals surface area contributed by atoms with Gasteiger partial charge in [-0.15, -0.1) is 0 Å². The number of aryl methyl sites for hydroxylation is 1. The average molecular weight is 316 g/mol. The van der Waals surface area contributed by atoms with Crippen molar-refractivity contribution in [3.05, 3.63) is 53.2 Å². The van der Waals surface area contributed by atoms with Crippen molar-refractivity contribution in [3.63, 3.8) is 0 Å². The van der Waals surface area contributed by atoms with Crippen LogP contribution in [0.1, 0.15) is 18.9 Å². The molecule has 1 aliphatic heterocycles. The summed E-state index contributed by atoms with van der Waals surface area (Å²) in [4.78, 5) is 18.7. The van der Waals surface area contributed by atoms with E-state index in [1.54, 1.807) is 12.1 Å². The van der Waals surface area contributed by atoms with Gasteiger partial charge < -0.3 is 10.2 Å². The van der Waals surface area contributed by atoms with Gasteiger partial charge in [-0.1, -0.05) is 29.8 Å². The minimum atomic E-state index is -0.251. The summed E-state index contributed by atoms with van der Waals surface area (Å²) >= 11 is 5.81. The summed E-state index contributed by atoms with van der Waals surface area (Å²) in [6.07, 6.45) is 3.66. The number of anilines is 2. The minimum Gasteiger partial charge on any atom is -0.360 e. The van der Waals surface area contributed by atoms with Crippen molar-refractivity contribution in [1.82, 2.24) is 4.98 Å². The van der Waals surface area contributed by atoms with Crippen LogP contribution >= 0.6 is 11.6 Å². The van der Waals surface area contributed by atoms with Crippen LogP contribution in [0, 0.1) is 0 Å². The Morgan fingerprint density at radius 2 is 2.14 bits per heavy atom. The van der Waals surface area contributed by atoms with Crippen LogP contribution in [-0.4, -0.2) is 23.5 Å². The molecule has 22 heavy (non-hydrogen) atoms. The number of carbonyl (C=O) groups excluding carboxylic acids is 1. The van der Waals surface area contributed by atoms with Crippen molar-refractivity contribution in [3.8, 4) is 0 Å². The molecule has 1 unspecified atom stereocenters. The third-order valence-electron chi connectivity index (χ3n) is 3.97. The van der Waals surface area contributed by atoms with Crippen LogP contribution in [0.3, 0.4) is 0 Å². The summed E-state index contributed by atoms with van der Waals surface area (Å²) in [6, 6.07) is 11.4. The zero-order valence-electron chi connectivity index (χ0n) is 12.4. The zero-order chi connectivity index (χ0) is 15.5. The van der Waals surface area contributed by atoms with Crippen LogP contribution in [0.2, 0.25) is 5.02 Å². The SMILES string of the molecule is CC(C(=O)Nc1ccc(Cl)cn1)N1CCCc2ccccc21. The number of pyridine rings is 1. The first-order valence-corrected chi connectivity index (χ1v) is 7.80. The number of aromatic nitrogens is 1. The van der Waals surface area contributed by atoms with E-state index in [-0.39, 0.29) is 11.9 Å². The Morgan fingerprint density at radius 3 is 2.91 bits per heavy atom. The molecule has 0 spiro atoms. The Bertz CT molecular complexity index is 672. The van der Waals surface area contributed by atoms with Crippen LogP contribution in [0.15, 0.2) is 42.6 Å². The monoisotopic (exact) mass is 315 g/mol. The molecule has 0 saturated heterocycles. The smallest absolute Gasteiger partial charge is 0.247 e. The molecule has 2 aromatic rings. The first kappa shape index (κ1) is 14.9. The van der Waals surface area contributed by atoms with E-state index in [1.807, 2.05) is 19.1 Å². The molecule has 1 aromatic carbocycles. The number of halogens is 1. The largest absolute Gasteiger partial charge is 0.360 e. The summed E-state index contributed by atoms with van der Waals surface area (Å²) < 4.78 is 0. The lowest BCUT2D eigenvalue weighted by molar-refractivity contribution is -0.117. The molecular weight excluding hydrogens is 298 g/mol. The predicted molar refractivity (Wildman–Crippen MR) is 89.4 cm³/mol. The van der Waals surface area contributed by atoms with Crippen LogP contribution < -0.4 is 10.2 Å². The topological polar surface area (TPSA) is 45.2 Å². The number of carbonyl (C=O) groups is 1. The van der Waals surface area contributed by atoms with Gasteiger partial charge in [-0.2, -0.15) is 0 Å². The van der Waals surface area contributed by atoms with Crippen LogP contribution in [0.4, 0.5) is 11.5 Å². The van der Waals surface area contributed by atoms with Crippen molar-refractivity contribution in [2.75, 3.05) is 16.8 Å². The van der Waals surface area contributed by atoms with Gasteiger partial charge in [0.2, 0.25) is 5.91 Å². The highest BCUT2D eigenvalue weighted by atomic mass is 35.5. The van der Waals surface area contributed by atoms with E-state index in [2.05, 4.69) is 27.3 Å². The molecule has 0 bridgehead atoms. The molecule has 3 rings (SSSR count). The first-order valence-electron chi connectivity index (χ1n) is 7.42. The number of para-hydroxylation sites is 1. The zero-order valence-corrected chi connectivity index (χ0v) is 13.2. The van der Waals surface area contributed by atoms with Gasteiger partial charge in [-0.3, -0.25) is 4.79 Å². The maximum absolute atomic E-state index is 12.5. The van der Waals surface area contributed by atoms with Crippen molar-refractivity contribution in [2.24, 2.45) is 0 Å². The molecule has 1 amide bonds. The molecule has 114 valence electrons. The van der Waals surface area contributed by atoms with Gasteiger partial charge in [0.1, 0.15) is 11.9 Å². The number of fused-ring (bicyclic) bond motifs is 1.